The number of carbonyl (C=O) groups is 1. The molecule has 1 saturated carbocycles. The normalized spacial score (nSPS) is 20.9. The molecule has 0 aliphatic heterocycles. The van der Waals surface area contributed by atoms with Crippen LogP contribution in [0.2, 0.25) is 0 Å². The molecule has 0 N–H and O–H groups in total. The highest BCUT2D eigenvalue weighted by molar-refractivity contribution is 5.92. The summed E-state index contributed by atoms with van der Waals surface area (Å²) in [4.78, 5) is 12.3. The molecular formula is C13H24O2. The Bertz CT molecular complexity index is 249. The summed E-state index contributed by atoms with van der Waals surface area (Å²) in [6.07, 6.45) is 2.89. The summed E-state index contributed by atoms with van der Waals surface area (Å²) in [5.74, 6) is 0.260. The fraction of sp³-hybridized carbons (Fsp3) is 0.923. The minimum Gasteiger partial charge on any atom is -0.362 e. The van der Waals surface area contributed by atoms with Crippen LogP contribution in [0, 0.1) is 5.41 Å². The topological polar surface area (TPSA) is 26.3 Å². The van der Waals surface area contributed by atoms with Crippen molar-refractivity contribution < 1.29 is 9.53 Å². The second-order valence-electron chi connectivity index (χ2n) is 6.64. The Labute approximate surface area is 93.4 Å². The Kier molecular flexibility index (Phi) is 3.03. The molecule has 0 radical (unpaired) electrons. The van der Waals surface area contributed by atoms with E-state index in [0.717, 1.165) is 19.3 Å². The maximum absolute atomic E-state index is 12.3. The average molecular weight is 212 g/mol. The van der Waals surface area contributed by atoms with Gasteiger partial charge in [-0.1, -0.05) is 20.8 Å². The molecule has 0 bridgehead atoms. The third-order valence-corrected chi connectivity index (χ3v) is 2.76. The predicted molar refractivity (Wildman–Crippen MR) is 61.9 cm³/mol. The van der Waals surface area contributed by atoms with Crippen molar-refractivity contribution >= 4 is 5.78 Å². The van der Waals surface area contributed by atoms with Crippen LogP contribution in [-0.4, -0.2) is 17.0 Å². The average Bonchev–Trinajstić information content (AvgIpc) is 1.92. The monoisotopic (exact) mass is 212 g/mol. The van der Waals surface area contributed by atoms with E-state index >= 15 is 0 Å². The fourth-order valence-electron chi connectivity index (χ4n) is 2.14. The Morgan fingerprint density at radius 1 is 1.07 bits per heavy atom. The Morgan fingerprint density at radius 2 is 1.53 bits per heavy atom. The molecule has 1 fully saturated rings. The van der Waals surface area contributed by atoms with Crippen molar-refractivity contribution in [2.45, 2.75) is 72.0 Å². The van der Waals surface area contributed by atoms with Gasteiger partial charge in [-0.25, -0.2) is 0 Å². The van der Waals surface area contributed by atoms with Gasteiger partial charge in [0.25, 0.3) is 0 Å². The van der Waals surface area contributed by atoms with Crippen molar-refractivity contribution in [3.63, 3.8) is 0 Å². The van der Waals surface area contributed by atoms with Crippen LogP contribution in [0.3, 0.4) is 0 Å². The molecule has 1 aliphatic carbocycles. The predicted octanol–water partition coefficient (Wildman–Crippen LogP) is 3.34. The zero-order chi connectivity index (χ0) is 11.9. The first-order valence-electron chi connectivity index (χ1n) is 5.82. The van der Waals surface area contributed by atoms with Crippen LogP contribution >= 0.6 is 0 Å². The van der Waals surface area contributed by atoms with Crippen molar-refractivity contribution in [3.05, 3.63) is 0 Å². The summed E-state index contributed by atoms with van der Waals surface area (Å²) < 4.78 is 6.00. The molecule has 0 saturated heterocycles. The largest absolute Gasteiger partial charge is 0.362 e. The van der Waals surface area contributed by atoms with Gasteiger partial charge in [0, 0.05) is 5.41 Å². The van der Waals surface area contributed by atoms with Crippen molar-refractivity contribution in [2.75, 3.05) is 0 Å². The van der Waals surface area contributed by atoms with Gasteiger partial charge < -0.3 is 4.74 Å². The van der Waals surface area contributed by atoms with Gasteiger partial charge in [-0.2, -0.15) is 0 Å². The molecule has 0 amide bonds. The smallest absolute Gasteiger partial charge is 0.169 e. The van der Waals surface area contributed by atoms with Gasteiger partial charge >= 0.3 is 0 Å². The number of hydrogen-bond acceptors (Lipinski definition) is 2. The van der Waals surface area contributed by atoms with Crippen molar-refractivity contribution in [2.24, 2.45) is 5.41 Å². The van der Waals surface area contributed by atoms with Gasteiger partial charge in [-0.05, 0) is 40.0 Å². The lowest BCUT2D eigenvalue weighted by Crippen LogP contribution is -2.55. The number of ketones is 1. The zero-order valence-electron chi connectivity index (χ0n) is 10.9. The summed E-state index contributed by atoms with van der Waals surface area (Å²) in [6, 6.07) is 0. The number of rotatable bonds is 2. The van der Waals surface area contributed by atoms with E-state index in [9.17, 15) is 4.79 Å². The minimum atomic E-state index is -0.490. The van der Waals surface area contributed by atoms with Gasteiger partial charge in [0.1, 0.15) is 5.60 Å². The number of carbonyl (C=O) groups excluding carboxylic acids is 1. The highest BCUT2D eigenvalue weighted by Crippen LogP contribution is 2.43. The Morgan fingerprint density at radius 3 is 1.73 bits per heavy atom. The van der Waals surface area contributed by atoms with E-state index < -0.39 is 5.60 Å². The molecule has 0 unspecified atom stereocenters. The minimum absolute atomic E-state index is 0.235. The number of Topliss-reactive ketones (excluding diaryl/α,β-unsaturated/α-hetero) is 1. The van der Waals surface area contributed by atoms with Crippen LogP contribution in [0.25, 0.3) is 0 Å². The third kappa shape index (κ3) is 2.81. The molecule has 0 aromatic rings. The summed E-state index contributed by atoms with van der Waals surface area (Å²) in [5.41, 5.74) is -1.02. The Hall–Kier alpha value is -0.370. The molecular weight excluding hydrogens is 188 g/mol. The van der Waals surface area contributed by atoms with Crippen LogP contribution in [0.4, 0.5) is 0 Å². The van der Waals surface area contributed by atoms with E-state index in [4.69, 9.17) is 4.74 Å². The molecule has 1 aliphatic rings. The first kappa shape index (κ1) is 12.7. The molecule has 15 heavy (non-hydrogen) atoms. The lowest BCUT2D eigenvalue weighted by atomic mass is 9.69. The molecule has 0 heterocycles. The summed E-state index contributed by atoms with van der Waals surface area (Å²) in [6.45, 7) is 12.0. The Balaban J connectivity index is 2.83. The van der Waals surface area contributed by atoms with E-state index in [1.165, 1.54) is 0 Å². The second kappa shape index (κ2) is 3.58. The number of ether oxygens (including phenoxy) is 1. The maximum Gasteiger partial charge on any atom is 0.169 e. The van der Waals surface area contributed by atoms with Gasteiger partial charge in [-0.3, -0.25) is 4.79 Å². The third-order valence-electron chi connectivity index (χ3n) is 2.76. The maximum atomic E-state index is 12.3. The van der Waals surface area contributed by atoms with Crippen molar-refractivity contribution in [1.82, 2.24) is 0 Å². The first-order valence-corrected chi connectivity index (χ1v) is 5.82. The highest BCUT2D eigenvalue weighted by atomic mass is 16.5. The summed E-state index contributed by atoms with van der Waals surface area (Å²) in [7, 11) is 0. The molecule has 1 rings (SSSR count). The van der Waals surface area contributed by atoms with Gasteiger partial charge in [0.15, 0.2) is 5.78 Å². The van der Waals surface area contributed by atoms with E-state index in [1.807, 2.05) is 41.5 Å². The zero-order valence-corrected chi connectivity index (χ0v) is 10.9. The quantitative estimate of drug-likeness (QED) is 0.701. The molecule has 0 atom stereocenters. The van der Waals surface area contributed by atoms with E-state index in [0.29, 0.717) is 0 Å². The van der Waals surface area contributed by atoms with E-state index in [2.05, 4.69) is 0 Å². The van der Waals surface area contributed by atoms with Crippen LogP contribution in [0.5, 0.6) is 0 Å². The van der Waals surface area contributed by atoms with Crippen molar-refractivity contribution in [3.8, 4) is 0 Å². The lowest BCUT2D eigenvalue weighted by molar-refractivity contribution is -0.191. The van der Waals surface area contributed by atoms with Crippen molar-refractivity contribution in [1.29, 1.82) is 0 Å². The highest BCUT2D eigenvalue weighted by Gasteiger charge is 2.50. The molecule has 0 spiro atoms. The standard InChI is InChI=1S/C13H24O2/c1-11(2,3)10(14)13(8-7-9-13)15-12(4,5)6/h7-9H2,1-6H3. The first-order chi connectivity index (χ1) is 6.57. The fourth-order valence-corrected chi connectivity index (χ4v) is 2.14. The molecule has 2 heteroatoms. The summed E-state index contributed by atoms with van der Waals surface area (Å²) >= 11 is 0. The van der Waals surface area contributed by atoms with Gasteiger partial charge in [0.2, 0.25) is 0 Å². The molecule has 88 valence electrons. The molecule has 0 aromatic carbocycles. The van der Waals surface area contributed by atoms with Crippen LogP contribution < -0.4 is 0 Å². The van der Waals surface area contributed by atoms with Crippen LogP contribution in [-0.2, 0) is 9.53 Å². The lowest BCUT2D eigenvalue weighted by Gasteiger charge is -2.47. The second-order valence-corrected chi connectivity index (χ2v) is 6.64. The van der Waals surface area contributed by atoms with Gasteiger partial charge in [0.05, 0.1) is 5.60 Å². The van der Waals surface area contributed by atoms with Crippen LogP contribution in [0.15, 0.2) is 0 Å². The number of hydrogen-bond donors (Lipinski definition) is 0. The van der Waals surface area contributed by atoms with Crippen LogP contribution in [0.1, 0.15) is 60.8 Å². The molecule has 2 nitrogen and oxygen atoms in total. The molecule has 0 aromatic heterocycles. The SMILES string of the molecule is CC(C)(C)OC1(C(=O)C(C)(C)C)CCC1. The van der Waals surface area contributed by atoms with Gasteiger partial charge in [-0.15, -0.1) is 0 Å². The van der Waals surface area contributed by atoms with E-state index in [-0.39, 0.29) is 16.8 Å². The van der Waals surface area contributed by atoms with E-state index in [1.54, 1.807) is 0 Å². The summed E-state index contributed by atoms with van der Waals surface area (Å²) in [5, 5.41) is 0.